The molecule has 0 spiro atoms. The van der Waals surface area contributed by atoms with Gasteiger partial charge in [-0.05, 0) is 13.8 Å². The van der Waals surface area contributed by atoms with Crippen molar-refractivity contribution in [3.63, 3.8) is 0 Å². The highest BCUT2D eigenvalue weighted by molar-refractivity contribution is 5.88. The lowest BCUT2D eigenvalue weighted by atomic mass is 10.2. The molecule has 0 radical (unpaired) electrons. The summed E-state index contributed by atoms with van der Waals surface area (Å²) in [5, 5.41) is 15.5. The Kier molecular flexibility index (Phi) is 4.03. The predicted octanol–water partition coefficient (Wildman–Crippen LogP) is 0.753. The monoisotopic (exact) mass is 237 g/mol. The Morgan fingerprint density at radius 2 is 2.35 bits per heavy atom. The molecule has 0 aliphatic heterocycles. The van der Waals surface area contributed by atoms with Crippen molar-refractivity contribution in [1.29, 1.82) is 0 Å². The molecule has 1 amide bonds. The van der Waals surface area contributed by atoms with Gasteiger partial charge in [0, 0.05) is 12.7 Å². The number of aromatic carboxylic acids is 1. The van der Waals surface area contributed by atoms with Crippen molar-refractivity contribution in [3.05, 3.63) is 30.1 Å². The van der Waals surface area contributed by atoms with Crippen LogP contribution in [0.1, 0.15) is 29.0 Å². The SMILES string of the molecule is C=CCNC(=O)C(C)n1cc(C(=O)O)c(C)n1. The summed E-state index contributed by atoms with van der Waals surface area (Å²) in [5.74, 6) is -1.28. The fourth-order valence-electron chi connectivity index (χ4n) is 1.33. The standard InChI is InChI=1S/C11H15N3O3/c1-4-5-12-10(15)8(3)14-6-9(11(16)17)7(2)13-14/h4,6,8H,1,5H2,2-3H3,(H,12,15)(H,16,17). The van der Waals surface area contributed by atoms with E-state index in [1.165, 1.54) is 10.9 Å². The van der Waals surface area contributed by atoms with E-state index in [1.807, 2.05) is 0 Å². The summed E-state index contributed by atoms with van der Waals surface area (Å²) in [4.78, 5) is 22.5. The molecule has 1 aromatic rings. The zero-order chi connectivity index (χ0) is 13.0. The van der Waals surface area contributed by atoms with E-state index in [9.17, 15) is 9.59 Å². The molecule has 0 aliphatic carbocycles. The molecule has 92 valence electrons. The first-order chi connectivity index (χ1) is 7.97. The summed E-state index contributed by atoms with van der Waals surface area (Å²) in [6.07, 6.45) is 2.93. The molecule has 1 heterocycles. The van der Waals surface area contributed by atoms with Crippen LogP contribution in [0.4, 0.5) is 0 Å². The highest BCUT2D eigenvalue weighted by Gasteiger charge is 2.19. The third-order valence-corrected chi connectivity index (χ3v) is 2.34. The van der Waals surface area contributed by atoms with Crippen LogP contribution in [0.15, 0.2) is 18.9 Å². The largest absolute Gasteiger partial charge is 0.478 e. The zero-order valence-corrected chi connectivity index (χ0v) is 9.80. The van der Waals surface area contributed by atoms with Crippen molar-refractivity contribution in [2.45, 2.75) is 19.9 Å². The summed E-state index contributed by atoms with van der Waals surface area (Å²) in [7, 11) is 0. The first-order valence-electron chi connectivity index (χ1n) is 5.15. The lowest BCUT2D eigenvalue weighted by Crippen LogP contribution is -2.31. The third kappa shape index (κ3) is 2.93. The quantitative estimate of drug-likeness (QED) is 0.740. The minimum absolute atomic E-state index is 0.105. The van der Waals surface area contributed by atoms with Gasteiger partial charge in [0.15, 0.2) is 0 Å². The van der Waals surface area contributed by atoms with Crippen molar-refractivity contribution in [1.82, 2.24) is 15.1 Å². The summed E-state index contributed by atoms with van der Waals surface area (Å²) >= 11 is 0. The van der Waals surface area contributed by atoms with Gasteiger partial charge in [-0.25, -0.2) is 4.79 Å². The number of hydrogen-bond donors (Lipinski definition) is 2. The second-order valence-corrected chi connectivity index (χ2v) is 3.62. The van der Waals surface area contributed by atoms with Crippen LogP contribution in [-0.2, 0) is 4.79 Å². The van der Waals surface area contributed by atoms with Gasteiger partial charge in [0.05, 0.1) is 5.69 Å². The first-order valence-corrected chi connectivity index (χ1v) is 5.15. The molecule has 17 heavy (non-hydrogen) atoms. The molecule has 6 heteroatoms. The fourth-order valence-corrected chi connectivity index (χ4v) is 1.33. The number of aryl methyl sites for hydroxylation is 1. The normalized spacial score (nSPS) is 11.9. The molecule has 0 aromatic carbocycles. The van der Waals surface area contributed by atoms with Gasteiger partial charge in [0.2, 0.25) is 5.91 Å². The Hall–Kier alpha value is -2.11. The number of carboxylic acid groups (broad SMARTS) is 1. The van der Waals surface area contributed by atoms with Crippen molar-refractivity contribution in [2.75, 3.05) is 6.54 Å². The molecule has 1 rings (SSSR count). The lowest BCUT2D eigenvalue weighted by Gasteiger charge is -2.11. The lowest BCUT2D eigenvalue weighted by molar-refractivity contribution is -0.123. The summed E-state index contributed by atoms with van der Waals surface area (Å²) < 4.78 is 1.34. The van der Waals surface area contributed by atoms with E-state index in [0.29, 0.717) is 12.2 Å². The number of carbonyl (C=O) groups excluding carboxylic acids is 1. The molecule has 0 fully saturated rings. The highest BCUT2D eigenvalue weighted by atomic mass is 16.4. The Balaban J connectivity index is 2.85. The molecule has 1 atom stereocenters. The number of amides is 1. The van der Waals surface area contributed by atoms with Crippen molar-refractivity contribution >= 4 is 11.9 Å². The van der Waals surface area contributed by atoms with Crippen LogP contribution < -0.4 is 5.32 Å². The van der Waals surface area contributed by atoms with E-state index in [1.54, 1.807) is 19.9 Å². The van der Waals surface area contributed by atoms with Crippen LogP contribution in [0.25, 0.3) is 0 Å². The third-order valence-electron chi connectivity index (χ3n) is 2.34. The van der Waals surface area contributed by atoms with Gasteiger partial charge in [-0.2, -0.15) is 5.10 Å². The molecule has 1 unspecified atom stereocenters. The van der Waals surface area contributed by atoms with Crippen molar-refractivity contribution < 1.29 is 14.7 Å². The van der Waals surface area contributed by atoms with Gasteiger partial charge in [0.25, 0.3) is 0 Å². The Bertz CT molecular complexity index is 451. The maximum absolute atomic E-state index is 11.6. The van der Waals surface area contributed by atoms with E-state index in [4.69, 9.17) is 5.11 Å². The van der Waals surface area contributed by atoms with Gasteiger partial charge in [0.1, 0.15) is 11.6 Å². The number of hydrogen-bond acceptors (Lipinski definition) is 3. The minimum atomic E-state index is -1.05. The van der Waals surface area contributed by atoms with Crippen molar-refractivity contribution in [3.8, 4) is 0 Å². The molecule has 0 saturated carbocycles. The Morgan fingerprint density at radius 3 is 2.82 bits per heavy atom. The first kappa shape index (κ1) is 13.0. The average Bonchev–Trinajstić information content (AvgIpc) is 2.67. The maximum Gasteiger partial charge on any atom is 0.339 e. The Morgan fingerprint density at radius 1 is 1.71 bits per heavy atom. The number of aromatic nitrogens is 2. The van der Waals surface area contributed by atoms with E-state index >= 15 is 0 Å². The van der Waals surface area contributed by atoms with Crippen LogP contribution in [0.5, 0.6) is 0 Å². The van der Waals surface area contributed by atoms with E-state index < -0.39 is 12.0 Å². The van der Waals surface area contributed by atoms with Crippen LogP contribution in [0.3, 0.4) is 0 Å². The molecular formula is C11H15N3O3. The Labute approximate surface area is 98.9 Å². The minimum Gasteiger partial charge on any atom is -0.478 e. The number of nitrogens with zero attached hydrogens (tertiary/aromatic N) is 2. The zero-order valence-electron chi connectivity index (χ0n) is 9.80. The molecule has 2 N–H and O–H groups in total. The number of nitrogens with one attached hydrogen (secondary N) is 1. The smallest absolute Gasteiger partial charge is 0.339 e. The molecule has 0 bridgehead atoms. The van der Waals surface area contributed by atoms with Gasteiger partial charge >= 0.3 is 5.97 Å². The van der Waals surface area contributed by atoms with Gasteiger partial charge in [-0.3, -0.25) is 9.48 Å². The van der Waals surface area contributed by atoms with E-state index in [-0.39, 0.29) is 11.5 Å². The van der Waals surface area contributed by atoms with Gasteiger partial charge < -0.3 is 10.4 Å². The number of carboxylic acids is 1. The predicted molar refractivity (Wildman–Crippen MR) is 61.8 cm³/mol. The van der Waals surface area contributed by atoms with Crippen LogP contribution in [0.2, 0.25) is 0 Å². The second kappa shape index (κ2) is 5.29. The van der Waals surface area contributed by atoms with Gasteiger partial charge in [-0.1, -0.05) is 6.08 Å². The summed E-state index contributed by atoms with van der Waals surface area (Å²) in [5.41, 5.74) is 0.495. The van der Waals surface area contributed by atoms with Crippen LogP contribution >= 0.6 is 0 Å². The summed E-state index contributed by atoms with van der Waals surface area (Å²) in [6, 6.07) is -0.554. The molecular weight excluding hydrogens is 222 g/mol. The molecule has 0 saturated heterocycles. The fraction of sp³-hybridized carbons (Fsp3) is 0.364. The maximum atomic E-state index is 11.6. The topological polar surface area (TPSA) is 84.2 Å². The van der Waals surface area contributed by atoms with E-state index in [0.717, 1.165) is 0 Å². The van der Waals surface area contributed by atoms with Crippen LogP contribution in [-0.4, -0.2) is 33.3 Å². The van der Waals surface area contributed by atoms with Crippen LogP contribution in [0, 0.1) is 6.92 Å². The second-order valence-electron chi connectivity index (χ2n) is 3.62. The number of rotatable bonds is 5. The summed E-state index contributed by atoms with van der Waals surface area (Å²) in [6.45, 7) is 7.10. The highest BCUT2D eigenvalue weighted by Crippen LogP contribution is 2.11. The van der Waals surface area contributed by atoms with Crippen molar-refractivity contribution in [2.24, 2.45) is 0 Å². The average molecular weight is 237 g/mol. The number of carbonyl (C=O) groups is 2. The molecule has 0 aliphatic rings. The molecule has 6 nitrogen and oxygen atoms in total. The molecule has 1 aromatic heterocycles. The van der Waals surface area contributed by atoms with Gasteiger partial charge in [-0.15, -0.1) is 6.58 Å². The van der Waals surface area contributed by atoms with E-state index in [2.05, 4.69) is 17.0 Å².